The van der Waals surface area contributed by atoms with Crippen LogP contribution in [0.2, 0.25) is 50.9 Å². The minimum absolute atomic E-state index is 0.370. The molecule has 0 amide bonds. The van der Waals surface area contributed by atoms with Crippen LogP contribution in [0.5, 0.6) is 0 Å². The summed E-state index contributed by atoms with van der Waals surface area (Å²) >= 11 is 0. The van der Waals surface area contributed by atoms with E-state index in [-0.39, 0.29) is 6.10 Å². The van der Waals surface area contributed by atoms with Gasteiger partial charge in [-0.15, -0.1) is 0 Å². The molecule has 0 radical (unpaired) electrons. The van der Waals surface area contributed by atoms with Crippen LogP contribution >= 0.6 is 0 Å². The van der Waals surface area contributed by atoms with Crippen LogP contribution in [-0.4, -0.2) is 78.3 Å². The number of nitrogens with zero attached hydrogens (tertiary/aromatic N) is 1. The molecule has 1 heterocycles. The Bertz CT molecular complexity index is 315. The van der Waals surface area contributed by atoms with E-state index in [0.29, 0.717) is 13.2 Å². The molecule has 0 aromatic rings. The molecule has 4 nitrogen and oxygen atoms in total. The minimum Gasteiger partial charge on any atom is -0.389 e. The highest BCUT2D eigenvalue weighted by Crippen LogP contribution is 2.24. The summed E-state index contributed by atoms with van der Waals surface area (Å²) in [7, 11) is -1.96. The van der Waals surface area contributed by atoms with E-state index in [2.05, 4.69) is 37.6 Å². The number of aliphatic hydroxyl groups excluding tert-OH is 1. The normalized spacial score (nSPS) is 19.0. The first-order chi connectivity index (χ1) is 10.7. The van der Waals surface area contributed by atoms with Gasteiger partial charge in [0.05, 0.1) is 25.9 Å². The van der Waals surface area contributed by atoms with Crippen molar-refractivity contribution >= 4 is 16.1 Å². The van der Waals surface area contributed by atoms with Crippen molar-refractivity contribution < 1.29 is 14.6 Å². The van der Waals surface area contributed by atoms with Gasteiger partial charge < -0.3 is 14.6 Å². The lowest BCUT2D eigenvalue weighted by molar-refractivity contribution is -0.0139. The lowest BCUT2D eigenvalue weighted by Gasteiger charge is -2.28. The van der Waals surface area contributed by atoms with Gasteiger partial charge in [0.2, 0.25) is 0 Å². The van der Waals surface area contributed by atoms with Crippen molar-refractivity contribution in [3.63, 3.8) is 0 Å². The van der Waals surface area contributed by atoms with E-state index >= 15 is 0 Å². The Morgan fingerprint density at radius 2 is 1.70 bits per heavy atom. The number of morpholine rings is 1. The van der Waals surface area contributed by atoms with Crippen LogP contribution in [0.4, 0.5) is 0 Å². The average Bonchev–Trinajstić information content (AvgIpc) is 2.45. The molecule has 1 N–H and O–H groups in total. The molecular formula is C17H39NO3Si2. The monoisotopic (exact) mass is 361 g/mol. The van der Waals surface area contributed by atoms with Gasteiger partial charge in [0.15, 0.2) is 0 Å². The number of rotatable bonds is 11. The summed E-state index contributed by atoms with van der Waals surface area (Å²) in [4.78, 5) is 2.25. The molecule has 1 unspecified atom stereocenters. The van der Waals surface area contributed by atoms with Gasteiger partial charge in [0, 0.05) is 42.4 Å². The highest BCUT2D eigenvalue weighted by Gasteiger charge is 2.24. The largest absolute Gasteiger partial charge is 0.389 e. The van der Waals surface area contributed by atoms with Gasteiger partial charge in [-0.25, -0.2) is 0 Å². The second kappa shape index (κ2) is 10.3. The van der Waals surface area contributed by atoms with Crippen LogP contribution < -0.4 is 0 Å². The molecule has 1 aliphatic heterocycles. The van der Waals surface area contributed by atoms with Crippen molar-refractivity contribution in [3.05, 3.63) is 0 Å². The number of ether oxygens (including phenoxy) is 2. The van der Waals surface area contributed by atoms with Crippen LogP contribution in [-0.2, 0) is 9.47 Å². The van der Waals surface area contributed by atoms with Crippen molar-refractivity contribution in [3.8, 4) is 0 Å². The summed E-state index contributed by atoms with van der Waals surface area (Å²) in [6.45, 7) is 17.8. The molecule has 1 aliphatic rings. The molecule has 1 atom stereocenters. The van der Waals surface area contributed by atoms with Crippen molar-refractivity contribution in [1.82, 2.24) is 4.90 Å². The molecule has 0 aromatic heterocycles. The maximum atomic E-state index is 10.0. The lowest BCUT2D eigenvalue weighted by atomic mass is 10.3. The Morgan fingerprint density at radius 1 is 1.04 bits per heavy atom. The first-order valence-electron chi connectivity index (χ1n) is 9.24. The molecule has 0 spiro atoms. The lowest BCUT2D eigenvalue weighted by Crippen LogP contribution is -2.42. The zero-order chi connectivity index (χ0) is 17.3. The van der Waals surface area contributed by atoms with Gasteiger partial charge in [-0.3, -0.25) is 4.90 Å². The smallest absolute Gasteiger partial charge is 0.0900 e. The Hall–Kier alpha value is 0.274. The molecule has 0 aromatic carbocycles. The standard InChI is InChI=1S/C17H39NO3Si2/c1-22(2,3)13-14-23(4,5)12-6-9-21-16-17(19)15-18-7-10-20-11-8-18/h17,19H,6-16H2,1-5H3. The Balaban J connectivity index is 2.05. The van der Waals surface area contributed by atoms with Crippen LogP contribution in [0, 0.1) is 0 Å². The van der Waals surface area contributed by atoms with Gasteiger partial charge in [0.25, 0.3) is 0 Å². The highest BCUT2D eigenvalue weighted by atomic mass is 28.3. The van der Waals surface area contributed by atoms with Gasteiger partial charge in [0.1, 0.15) is 0 Å². The summed E-state index contributed by atoms with van der Waals surface area (Å²) in [5, 5.41) is 10.0. The molecule has 1 saturated heterocycles. The molecule has 1 rings (SSSR count). The predicted molar refractivity (Wildman–Crippen MR) is 104 cm³/mol. The van der Waals surface area contributed by atoms with Crippen LogP contribution in [0.25, 0.3) is 0 Å². The van der Waals surface area contributed by atoms with Gasteiger partial charge in [-0.2, -0.15) is 0 Å². The molecule has 0 bridgehead atoms. The average molecular weight is 362 g/mol. The van der Waals surface area contributed by atoms with Crippen LogP contribution in [0.15, 0.2) is 0 Å². The van der Waals surface area contributed by atoms with Crippen molar-refractivity contribution in [1.29, 1.82) is 0 Å². The van der Waals surface area contributed by atoms with E-state index < -0.39 is 16.1 Å². The number of aliphatic hydroxyl groups is 1. The first kappa shape index (κ1) is 21.3. The maximum absolute atomic E-state index is 10.0. The van der Waals surface area contributed by atoms with Crippen molar-refractivity contribution in [2.24, 2.45) is 0 Å². The summed E-state index contributed by atoms with van der Waals surface area (Å²) in [5.74, 6) is 0. The topological polar surface area (TPSA) is 41.9 Å². The van der Waals surface area contributed by atoms with Gasteiger partial charge >= 0.3 is 0 Å². The molecule has 1 fully saturated rings. The van der Waals surface area contributed by atoms with E-state index in [1.807, 2.05) is 0 Å². The van der Waals surface area contributed by atoms with E-state index in [0.717, 1.165) is 39.3 Å². The second-order valence-corrected chi connectivity index (χ2v) is 19.9. The SMILES string of the molecule is C[Si](C)(C)CC[Si](C)(C)CCCOCC(O)CN1CCOCC1. The second-order valence-electron chi connectivity index (χ2n) is 8.97. The fraction of sp³-hybridized carbons (Fsp3) is 1.00. The Labute approximate surface area is 145 Å². The first-order valence-corrected chi connectivity index (χ1v) is 16.4. The van der Waals surface area contributed by atoms with Crippen molar-refractivity contribution in [2.45, 2.75) is 63.4 Å². The summed E-state index contributed by atoms with van der Waals surface area (Å²) in [6.07, 6.45) is 0.778. The number of hydrogen-bond acceptors (Lipinski definition) is 4. The molecule has 23 heavy (non-hydrogen) atoms. The van der Waals surface area contributed by atoms with Crippen molar-refractivity contribution in [2.75, 3.05) is 46.1 Å². The van der Waals surface area contributed by atoms with Crippen LogP contribution in [0.3, 0.4) is 0 Å². The Kier molecular flexibility index (Phi) is 9.55. The number of β-amino-alcohol motifs (C(OH)–C–C–N with tert-alkyl or cyclic N) is 1. The molecule has 138 valence electrons. The van der Waals surface area contributed by atoms with E-state index in [1.165, 1.54) is 18.1 Å². The predicted octanol–water partition coefficient (Wildman–Crippen LogP) is 3.13. The summed E-state index contributed by atoms with van der Waals surface area (Å²) < 4.78 is 11.0. The molecule has 0 saturated carbocycles. The zero-order valence-electron chi connectivity index (χ0n) is 16.1. The number of hydrogen-bond donors (Lipinski definition) is 1. The quantitative estimate of drug-likeness (QED) is 0.453. The molecule has 0 aliphatic carbocycles. The van der Waals surface area contributed by atoms with E-state index in [1.54, 1.807) is 0 Å². The third kappa shape index (κ3) is 11.5. The molecule has 6 heteroatoms. The summed E-state index contributed by atoms with van der Waals surface area (Å²) in [5.41, 5.74) is 0. The molecular weight excluding hydrogens is 322 g/mol. The van der Waals surface area contributed by atoms with Crippen LogP contribution in [0.1, 0.15) is 6.42 Å². The minimum atomic E-state index is -1.06. The Morgan fingerprint density at radius 3 is 2.30 bits per heavy atom. The fourth-order valence-electron chi connectivity index (χ4n) is 2.85. The third-order valence-electron chi connectivity index (χ3n) is 4.58. The maximum Gasteiger partial charge on any atom is 0.0900 e. The third-order valence-corrected chi connectivity index (χ3v) is 10.1. The fourth-order valence-corrected chi connectivity index (χ4v) is 9.90. The van der Waals surface area contributed by atoms with Gasteiger partial charge in [-0.05, 0) is 6.42 Å². The zero-order valence-corrected chi connectivity index (χ0v) is 18.1. The van der Waals surface area contributed by atoms with E-state index in [4.69, 9.17) is 9.47 Å². The highest BCUT2D eigenvalue weighted by molar-refractivity contribution is 6.82. The summed E-state index contributed by atoms with van der Waals surface area (Å²) in [6, 6.07) is 4.27. The van der Waals surface area contributed by atoms with E-state index in [9.17, 15) is 5.11 Å². The van der Waals surface area contributed by atoms with Gasteiger partial charge in [-0.1, -0.05) is 50.9 Å².